The molecule has 0 atom stereocenters. The average molecular weight is 239 g/mol. The minimum atomic E-state index is 0.611. The summed E-state index contributed by atoms with van der Waals surface area (Å²) in [5, 5.41) is 0. The summed E-state index contributed by atoms with van der Waals surface area (Å²) in [6, 6.07) is 13.1. The molecule has 0 aliphatic carbocycles. The van der Waals surface area contributed by atoms with E-state index in [1.807, 2.05) is 0 Å². The Balaban J connectivity index is 2.30. The zero-order valence-electron chi connectivity index (χ0n) is 11.5. The number of hydrogen-bond donors (Lipinski definition) is 1. The van der Waals surface area contributed by atoms with Crippen LogP contribution in [0.2, 0.25) is 0 Å². The molecule has 0 aliphatic heterocycles. The predicted octanol–water partition coefficient (Wildman–Crippen LogP) is 3.66. The van der Waals surface area contributed by atoms with Gasteiger partial charge in [0.25, 0.3) is 0 Å². The predicted molar refractivity (Wildman–Crippen MR) is 77.8 cm³/mol. The fraction of sp³-hybridized carbons (Fsp3) is 0.294. The van der Waals surface area contributed by atoms with Crippen LogP contribution in [0.5, 0.6) is 0 Å². The molecule has 0 unspecified atom stereocenters. The third-order valence-corrected chi connectivity index (χ3v) is 3.57. The summed E-state index contributed by atoms with van der Waals surface area (Å²) in [4.78, 5) is 0. The molecule has 18 heavy (non-hydrogen) atoms. The molecule has 0 spiro atoms. The Morgan fingerprint density at radius 3 is 2.22 bits per heavy atom. The highest BCUT2D eigenvalue weighted by molar-refractivity contribution is 5.39. The van der Waals surface area contributed by atoms with Gasteiger partial charge in [0.05, 0.1) is 0 Å². The number of hydrogen-bond acceptors (Lipinski definition) is 1. The van der Waals surface area contributed by atoms with E-state index in [0.717, 1.165) is 6.42 Å². The molecule has 0 saturated carbocycles. The molecule has 2 aromatic carbocycles. The molecule has 2 aromatic rings. The first-order chi connectivity index (χ1) is 8.60. The van der Waals surface area contributed by atoms with Crippen molar-refractivity contribution in [1.82, 2.24) is 0 Å². The van der Waals surface area contributed by atoms with Gasteiger partial charge in [0.2, 0.25) is 0 Å². The van der Waals surface area contributed by atoms with Crippen LogP contribution in [0.15, 0.2) is 36.4 Å². The summed E-state index contributed by atoms with van der Waals surface area (Å²) in [7, 11) is 0. The lowest BCUT2D eigenvalue weighted by Gasteiger charge is -2.10. The van der Waals surface area contributed by atoms with Gasteiger partial charge in [-0.05, 0) is 60.6 Å². The van der Waals surface area contributed by atoms with Crippen LogP contribution in [-0.4, -0.2) is 0 Å². The fourth-order valence-corrected chi connectivity index (χ4v) is 2.30. The summed E-state index contributed by atoms with van der Waals surface area (Å²) in [5.41, 5.74) is 13.7. The van der Waals surface area contributed by atoms with Crippen molar-refractivity contribution in [1.29, 1.82) is 0 Å². The Kier molecular flexibility index (Phi) is 3.83. The van der Waals surface area contributed by atoms with Crippen LogP contribution < -0.4 is 5.73 Å². The van der Waals surface area contributed by atoms with Crippen LogP contribution in [0, 0.1) is 20.8 Å². The average Bonchev–Trinajstić information content (AvgIpc) is 2.36. The van der Waals surface area contributed by atoms with Crippen molar-refractivity contribution >= 4 is 0 Å². The zero-order valence-corrected chi connectivity index (χ0v) is 11.5. The maximum Gasteiger partial charge on any atom is 0.0178 e. The normalized spacial score (nSPS) is 10.7. The summed E-state index contributed by atoms with van der Waals surface area (Å²) in [6.45, 7) is 7.14. The van der Waals surface area contributed by atoms with E-state index in [9.17, 15) is 0 Å². The summed E-state index contributed by atoms with van der Waals surface area (Å²) >= 11 is 0. The maximum absolute atomic E-state index is 5.69. The van der Waals surface area contributed by atoms with Crippen molar-refractivity contribution in [3.63, 3.8) is 0 Å². The van der Waals surface area contributed by atoms with Gasteiger partial charge in [-0.15, -0.1) is 0 Å². The van der Waals surface area contributed by atoms with Crippen molar-refractivity contribution in [3.8, 4) is 0 Å². The quantitative estimate of drug-likeness (QED) is 0.869. The van der Waals surface area contributed by atoms with Crippen molar-refractivity contribution < 1.29 is 0 Å². The van der Waals surface area contributed by atoms with Gasteiger partial charge < -0.3 is 5.73 Å². The number of aryl methyl sites for hydroxylation is 3. The Hall–Kier alpha value is -1.60. The molecule has 0 fully saturated rings. The number of nitrogens with two attached hydrogens (primary N) is 1. The van der Waals surface area contributed by atoms with Gasteiger partial charge in [0.1, 0.15) is 0 Å². The second-order valence-electron chi connectivity index (χ2n) is 5.06. The standard InChI is InChI=1S/C17H21N/c1-12-7-14(3)17(8-13(12)2)10-15-5-4-6-16(9-15)11-18/h4-9H,10-11,18H2,1-3H3. The smallest absolute Gasteiger partial charge is 0.0178 e. The molecule has 0 radical (unpaired) electrons. The molecule has 2 N–H and O–H groups in total. The highest BCUT2D eigenvalue weighted by Crippen LogP contribution is 2.19. The second-order valence-corrected chi connectivity index (χ2v) is 5.06. The molecule has 1 heteroatoms. The van der Waals surface area contributed by atoms with Crippen LogP contribution in [-0.2, 0) is 13.0 Å². The van der Waals surface area contributed by atoms with E-state index in [4.69, 9.17) is 5.73 Å². The highest BCUT2D eigenvalue weighted by Gasteiger charge is 2.03. The van der Waals surface area contributed by atoms with E-state index >= 15 is 0 Å². The van der Waals surface area contributed by atoms with Gasteiger partial charge in [-0.25, -0.2) is 0 Å². The first-order valence-electron chi connectivity index (χ1n) is 6.44. The van der Waals surface area contributed by atoms with Crippen LogP contribution in [0.4, 0.5) is 0 Å². The Bertz CT molecular complexity index is 556. The van der Waals surface area contributed by atoms with E-state index < -0.39 is 0 Å². The van der Waals surface area contributed by atoms with Crippen molar-refractivity contribution in [2.45, 2.75) is 33.7 Å². The highest BCUT2D eigenvalue weighted by atomic mass is 14.5. The first kappa shape index (κ1) is 12.8. The van der Waals surface area contributed by atoms with Gasteiger partial charge in [0, 0.05) is 6.54 Å². The lowest BCUT2D eigenvalue weighted by Crippen LogP contribution is -1.99. The van der Waals surface area contributed by atoms with Crippen LogP contribution >= 0.6 is 0 Å². The minimum Gasteiger partial charge on any atom is -0.326 e. The molecule has 1 nitrogen and oxygen atoms in total. The minimum absolute atomic E-state index is 0.611. The monoisotopic (exact) mass is 239 g/mol. The van der Waals surface area contributed by atoms with Gasteiger partial charge in [-0.1, -0.05) is 36.4 Å². The topological polar surface area (TPSA) is 26.0 Å². The summed E-state index contributed by atoms with van der Waals surface area (Å²) in [5.74, 6) is 0. The molecule has 0 bridgehead atoms. The Morgan fingerprint density at radius 2 is 1.50 bits per heavy atom. The van der Waals surface area contributed by atoms with Gasteiger partial charge in [0.15, 0.2) is 0 Å². The van der Waals surface area contributed by atoms with Crippen LogP contribution in [0.25, 0.3) is 0 Å². The van der Waals surface area contributed by atoms with E-state index in [1.54, 1.807) is 0 Å². The van der Waals surface area contributed by atoms with Crippen molar-refractivity contribution in [2.24, 2.45) is 5.73 Å². The molecule has 0 amide bonds. The molecule has 94 valence electrons. The molecular weight excluding hydrogens is 218 g/mol. The SMILES string of the molecule is Cc1cc(C)c(Cc2cccc(CN)c2)cc1C. The van der Waals surface area contributed by atoms with E-state index in [1.165, 1.54) is 33.4 Å². The largest absolute Gasteiger partial charge is 0.326 e. The fourth-order valence-electron chi connectivity index (χ4n) is 2.30. The molecular formula is C17H21N. The van der Waals surface area contributed by atoms with Crippen molar-refractivity contribution in [3.05, 3.63) is 69.8 Å². The van der Waals surface area contributed by atoms with Gasteiger partial charge >= 0.3 is 0 Å². The van der Waals surface area contributed by atoms with Crippen LogP contribution in [0.3, 0.4) is 0 Å². The maximum atomic E-state index is 5.69. The lowest BCUT2D eigenvalue weighted by molar-refractivity contribution is 1.05. The zero-order chi connectivity index (χ0) is 13.1. The summed E-state index contributed by atoms with van der Waals surface area (Å²) < 4.78 is 0. The molecule has 0 heterocycles. The molecule has 2 rings (SSSR count). The third kappa shape index (κ3) is 2.80. The second kappa shape index (κ2) is 5.36. The Morgan fingerprint density at radius 1 is 0.833 bits per heavy atom. The Labute approximate surface area is 110 Å². The lowest BCUT2D eigenvalue weighted by atomic mass is 9.95. The van der Waals surface area contributed by atoms with Gasteiger partial charge in [-0.3, -0.25) is 0 Å². The summed E-state index contributed by atoms with van der Waals surface area (Å²) in [6.07, 6.45) is 0.987. The molecule has 0 aliphatic rings. The third-order valence-electron chi connectivity index (χ3n) is 3.57. The molecule has 0 aromatic heterocycles. The number of benzene rings is 2. The number of rotatable bonds is 3. The van der Waals surface area contributed by atoms with Crippen molar-refractivity contribution in [2.75, 3.05) is 0 Å². The van der Waals surface area contributed by atoms with E-state index in [0.29, 0.717) is 6.54 Å². The van der Waals surface area contributed by atoms with Crippen LogP contribution in [0.1, 0.15) is 33.4 Å². The van der Waals surface area contributed by atoms with E-state index in [2.05, 4.69) is 57.2 Å². The first-order valence-corrected chi connectivity index (χ1v) is 6.44. The van der Waals surface area contributed by atoms with Gasteiger partial charge in [-0.2, -0.15) is 0 Å². The van der Waals surface area contributed by atoms with E-state index in [-0.39, 0.29) is 0 Å². The molecule has 0 saturated heterocycles.